The molecule has 1 heterocycles. The fourth-order valence-electron chi connectivity index (χ4n) is 2.82. The van der Waals surface area contributed by atoms with Gasteiger partial charge in [0, 0.05) is 30.8 Å². The molecule has 1 saturated heterocycles. The number of nitrogens with two attached hydrogens (primary N) is 1. The van der Waals surface area contributed by atoms with E-state index in [9.17, 15) is 14.9 Å². The summed E-state index contributed by atoms with van der Waals surface area (Å²) >= 11 is 0. The molecule has 1 aliphatic rings. The molecule has 0 aromatic heterocycles. The third-order valence-electron chi connectivity index (χ3n) is 3.99. The van der Waals surface area contributed by atoms with E-state index in [1.807, 2.05) is 14.1 Å². The van der Waals surface area contributed by atoms with Gasteiger partial charge in [0.25, 0.3) is 11.6 Å². The first-order valence-electron chi connectivity index (χ1n) is 6.81. The van der Waals surface area contributed by atoms with Crippen molar-refractivity contribution in [3.63, 3.8) is 0 Å². The number of likely N-dealkylation sites (N-methyl/N-ethyl adjacent to an activating group) is 1. The molecular weight excluding hydrogens is 272 g/mol. The molecule has 2 atom stereocenters. The Morgan fingerprint density at radius 2 is 2.10 bits per heavy atom. The van der Waals surface area contributed by atoms with Gasteiger partial charge in [-0.3, -0.25) is 14.9 Å². The van der Waals surface area contributed by atoms with Crippen LogP contribution in [0.4, 0.5) is 11.4 Å². The zero-order chi connectivity index (χ0) is 15.7. The van der Waals surface area contributed by atoms with E-state index in [0.717, 1.165) is 0 Å². The van der Waals surface area contributed by atoms with Crippen LogP contribution in [0.2, 0.25) is 0 Å². The summed E-state index contributed by atoms with van der Waals surface area (Å²) in [5, 5.41) is 10.7. The maximum atomic E-state index is 12.5. The van der Waals surface area contributed by atoms with Gasteiger partial charge in [-0.25, -0.2) is 0 Å². The van der Waals surface area contributed by atoms with E-state index in [4.69, 9.17) is 5.73 Å². The predicted octanol–water partition coefficient (Wildman–Crippen LogP) is 1.20. The van der Waals surface area contributed by atoms with Crippen molar-refractivity contribution in [2.45, 2.75) is 13.0 Å². The Bertz CT molecular complexity index is 573. The van der Waals surface area contributed by atoms with Crippen molar-refractivity contribution in [2.24, 2.45) is 5.92 Å². The van der Waals surface area contributed by atoms with Crippen molar-refractivity contribution in [1.29, 1.82) is 0 Å². The SMILES string of the molecule is CC1CN(C(=O)c2ccc([N+](=O)[O-])c(N)c2)CC1N(C)C. The van der Waals surface area contributed by atoms with E-state index < -0.39 is 4.92 Å². The number of anilines is 1. The average molecular weight is 292 g/mol. The number of nitrogens with zero attached hydrogens (tertiary/aromatic N) is 3. The molecule has 2 rings (SSSR count). The lowest BCUT2D eigenvalue weighted by Gasteiger charge is -2.22. The van der Waals surface area contributed by atoms with Crippen LogP contribution in [-0.4, -0.2) is 53.9 Å². The summed E-state index contributed by atoms with van der Waals surface area (Å²) < 4.78 is 0. The molecular formula is C14H20N4O3. The number of likely N-dealkylation sites (tertiary alicyclic amines) is 1. The molecule has 1 aromatic carbocycles. The van der Waals surface area contributed by atoms with E-state index in [1.54, 1.807) is 4.90 Å². The molecule has 114 valence electrons. The first-order valence-corrected chi connectivity index (χ1v) is 6.81. The Kier molecular flexibility index (Phi) is 4.13. The topological polar surface area (TPSA) is 92.7 Å². The lowest BCUT2D eigenvalue weighted by Crippen LogP contribution is -2.35. The number of carbonyl (C=O) groups is 1. The number of hydrogen-bond donors (Lipinski definition) is 1. The number of amides is 1. The van der Waals surface area contributed by atoms with Crippen molar-refractivity contribution in [3.8, 4) is 0 Å². The van der Waals surface area contributed by atoms with E-state index in [-0.39, 0.29) is 17.3 Å². The van der Waals surface area contributed by atoms with Gasteiger partial charge in [0.15, 0.2) is 0 Å². The molecule has 0 aliphatic carbocycles. The number of nitrogen functional groups attached to an aromatic ring is 1. The number of nitro benzene ring substituents is 1. The Morgan fingerprint density at radius 3 is 2.57 bits per heavy atom. The minimum atomic E-state index is -0.552. The molecule has 0 spiro atoms. The van der Waals surface area contributed by atoms with Gasteiger partial charge < -0.3 is 15.5 Å². The van der Waals surface area contributed by atoms with Crippen molar-refractivity contribution in [3.05, 3.63) is 33.9 Å². The average Bonchev–Trinajstić information content (AvgIpc) is 2.79. The highest BCUT2D eigenvalue weighted by atomic mass is 16.6. The lowest BCUT2D eigenvalue weighted by molar-refractivity contribution is -0.383. The van der Waals surface area contributed by atoms with Crippen molar-refractivity contribution >= 4 is 17.3 Å². The zero-order valence-electron chi connectivity index (χ0n) is 12.4. The first kappa shape index (κ1) is 15.2. The monoisotopic (exact) mass is 292 g/mol. The van der Waals surface area contributed by atoms with E-state index in [0.29, 0.717) is 30.6 Å². The molecule has 1 aromatic rings. The van der Waals surface area contributed by atoms with Gasteiger partial charge in [0.2, 0.25) is 0 Å². The van der Waals surface area contributed by atoms with Gasteiger partial charge in [-0.15, -0.1) is 0 Å². The van der Waals surface area contributed by atoms with Crippen molar-refractivity contribution in [1.82, 2.24) is 9.80 Å². The predicted molar refractivity (Wildman–Crippen MR) is 80.1 cm³/mol. The third-order valence-corrected chi connectivity index (χ3v) is 3.99. The third kappa shape index (κ3) is 2.97. The summed E-state index contributed by atoms with van der Waals surface area (Å²) in [7, 11) is 4.00. The summed E-state index contributed by atoms with van der Waals surface area (Å²) in [5.41, 5.74) is 5.88. The highest BCUT2D eigenvalue weighted by Crippen LogP contribution is 2.25. The lowest BCUT2D eigenvalue weighted by atomic mass is 10.1. The quantitative estimate of drug-likeness (QED) is 0.513. The first-order chi connectivity index (χ1) is 9.81. The second kappa shape index (κ2) is 5.69. The van der Waals surface area contributed by atoms with Crippen LogP contribution in [-0.2, 0) is 0 Å². The van der Waals surface area contributed by atoms with Gasteiger partial charge in [0.05, 0.1) is 4.92 Å². The maximum Gasteiger partial charge on any atom is 0.292 e. The molecule has 1 fully saturated rings. The van der Waals surface area contributed by atoms with Crippen molar-refractivity contribution < 1.29 is 9.72 Å². The van der Waals surface area contributed by atoms with Crippen molar-refractivity contribution in [2.75, 3.05) is 32.9 Å². The van der Waals surface area contributed by atoms with Gasteiger partial charge in [0.1, 0.15) is 5.69 Å². The Hall–Kier alpha value is -2.15. The molecule has 1 amide bonds. The fourth-order valence-corrected chi connectivity index (χ4v) is 2.82. The molecule has 21 heavy (non-hydrogen) atoms. The Balaban J connectivity index is 2.18. The van der Waals surface area contributed by atoms with Crippen LogP contribution >= 0.6 is 0 Å². The molecule has 0 bridgehead atoms. The molecule has 0 radical (unpaired) electrons. The fraction of sp³-hybridized carbons (Fsp3) is 0.500. The van der Waals surface area contributed by atoms with Gasteiger partial charge in [-0.2, -0.15) is 0 Å². The van der Waals surface area contributed by atoms with Crippen LogP contribution in [0.5, 0.6) is 0 Å². The van der Waals surface area contributed by atoms with E-state index >= 15 is 0 Å². The second-order valence-electron chi connectivity index (χ2n) is 5.75. The molecule has 2 unspecified atom stereocenters. The van der Waals surface area contributed by atoms with Crippen LogP contribution < -0.4 is 5.73 Å². The smallest absolute Gasteiger partial charge is 0.292 e. The maximum absolute atomic E-state index is 12.5. The van der Waals surface area contributed by atoms with Crippen LogP contribution in [0.1, 0.15) is 17.3 Å². The summed E-state index contributed by atoms with van der Waals surface area (Å²) in [6.45, 7) is 3.45. The molecule has 7 heteroatoms. The number of carbonyl (C=O) groups excluding carboxylic acids is 1. The Morgan fingerprint density at radius 1 is 1.43 bits per heavy atom. The van der Waals surface area contributed by atoms with Gasteiger partial charge >= 0.3 is 0 Å². The minimum Gasteiger partial charge on any atom is -0.393 e. The van der Waals surface area contributed by atoms with E-state index in [1.165, 1.54) is 18.2 Å². The van der Waals surface area contributed by atoms with Crippen LogP contribution in [0.15, 0.2) is 18.2 Å². The minimum absolute atomic E-state index is 0.0160. The Labute approximate surface area is 123 Å². The van der Waals surface area contributed by atoms with Gasteiger partial charge in [-0.05, 0) is 32.1 Å². The highest BCUT2D eigenvalue weighted by Gasteiger charge is 2.34. The zero-order valence-corrected chi connectivity index (χ0v) is 12.4. The summed E-state index contributed by atoms with van der Waals surface area (Å²) in [6.07, 6.45) is 0. The standard InChI is InChI=1S/C14H20N4O3/c1-9-7-17(8-13(9)16(2)3)14(19)10-4-5-12(18(20)21)11(15)6-10/h4-6,9,13H,7-8,15H2,1-3H3. The normalized spacial score (nSPS) is 21.8. The van der Waals surface area contributed by atoms with Gasteiger partial charge in [-0.1, -0.05) is 6.92 Å². The number of nitro groups is 1. The van der Waals surface area contributed by atoms with E-state index in [2.05, 4.69) is 11.8 Å². The highest BCUT2D eigenvalue weighted by molar-refractivity contribution is 5.96. The molecule has 7 nitrogen and oxygen atoms in total. The molecule has 0 saturated carbocycles. The van der Waals surface area contributed by atoms with Crippen LogP contribution in [0.25, 0.3) is 0 Å². The van der Waals surface area contributed by atoms with Crippen LogP contribution in [0, 0.1) is 16.0 Å². The summed E-state index contributed by atoms with van der Waals surface area (Å²) in [4.78, 5) is 26.6. The summed E-state index contributed by atoms with van der Waals surface area (Å²) in [6, 6.07) is 4.45. The molecule has 1 aliphatic heterocycles. The largest absolute Gasteiger partial charge is 0.393 e. The van der Waals surface area contributed by atoms with Crippen LogP contribution in [0.3, 0.4) is 0 Å². The number of hydrogen-bond acceptors (Lipinski definition) is 5. The number of benzene rings is 1. The molecule has 2 N–H and O–H groups in total. The number of rotatable bonds is 3. The summed E-state index contributed by atoms with van der Waals surface area (Å²) in [5.74, 6) is 0.257. The second-order valence-corrected chi connectivity index (χ2v) is 5.75.